The normalized spacial score (nSPS) is 15.8. The average molecular weight is 308 g/mol. The van der Waals surface area contributed by atoms with Crippen LogP contribution in [-0.2, 0) is 0 Å². The summed E-state index contributed by atoms with van der Waals surface area (Å²) in [6, 6.07) is 6.03. The second kappa shape index (κ2) is 8.10. The molecule has 0 bridgehead atoms. The molecule has 0 spiro atoms. The molecule has 6 nitrogen and oxygen atoms in total. The van der Waals surface area contributed by atoms with Crippen LogP contribution in [-0.4, -0.2) is 47.3 Å². The van der Waals surface area contributed by atoms with Gasteiger partial charge in [0.05, 0.1) is 11.0 Å². The van der Waals surface area contributed by atoms with Crippen LogP contribution in [0, 0.1) is 16.0 Å². The van der Waals surface area contributed by atoms with Gasteiger partial charge in [0.2, 0.25) is 0 Å². The van der Waals surface area contributed by atoms with Crippen molar-refractivity contribution >= 4 is 5.69 Å². The zero-order valence-electron chi connectivity index (χ0n) is 13.0. The average Bonchev–Trinajstić information content (AvgIpc) is 3.29. The molecule has 1 aliphatic carbocycles. The molecule has 122 valence electrons. The summed E-state index contributed by atoms with van der Waals surface area (Å²) in [6.07, 6.45) is 3.05. The molecule has 0 radical (unpaired) electrons. The standard InChI is InChI=1S/C16H24N2O4/c1-2-8-17(10-13-6-7-13)11-15(19)12-22-16-5-3-4-14(9-16)18(20)21/h3-5,9,13,15,19H,2,6-8,10-12H2,1H3/t15-/m0/s1. The molecule has 0 aromatic heterocycles. The Kier molecular flexibility index (Phi) is 6.15. The maximum atomic E-state index is 10.7. The van der Waals surface area contributed by atoms with Gasteiger partial charge in [-0.2, -0.15) is 0 Å². The fourth-order valence-corrected chi connectivity index (χ4v) is 2.47. The van der Waals surface area contributed by atoms with E-state index in [0.717, 1.165) is 25.4 Å². The first kappa shape index (κ1) is 16.7. The van der Waals surface area contributed by atoms with E-state index in [-0.39, 0.29) is 12.3 Å². The predicted molar refractivity (Wildman–Crippen MR) is 84.1 cm³/mol. The largest absolute Gasteiger partial charge is 0.491 e. The zero-order chi connectivity index (χ0) is 15.9. The summed E-state index contributed by atoms with van der Waals surface area (Å²) in [5.41, 5.74) is -0.00617. The topological polar surface area (TPSA) is 75.8 Å². The first-order chi connectivity index (χ1) is 10.6. The van der Waals surface area contributed by atoms with Crippen molar-refractivity contribution in [2.75, 3.05) is 26.2 Å². The molecule has 1 aliphatic rings. The Morgan fingerprint density at radius 1 is 1.50 bits per heavy atom. The summed E-state index contributed by atoms with van der Waals surface area (Å²) in [5, 5.41) is 20.8. The van der Waals surface area contributed by atoms with Gasteiger partial charge in [-0.25, -0.2) is 0 Å². The summed E-state index contributed by atoms with van der Waals surface area (Å²) in [4.78, 5) is 12.5. The minimum Gasteiger partial charge on any atom is -0.491 e. The van der Waals surface area contributed by atoms with Crippen LogP contribution >= 0.6 is 0 Å². The fourth-order valence-electron chi connectivity index (χ4n) is 2.47. The Morgan fingerprint density at radius 3 is 2.91 bits per heavy atom. The fraction of sp³-hybridized carbons (Fsp3) is 0.625. The van der Waals surface area contributed by atoms with Crippen molar-refractivity contribution in [3.8, 4) is 5.75 Å². The highest BCUT2D eigenvalue weighted by molar-refractivity contribution is 5.37. The minimum absolute atomic E-state index is 0.00617. The third-order valence-electron chi connectivity index (χ3n) is 3.69. The molecule has 1 N–H and O–H groups in total. The number of hydrogen-bond donors (Lipinski definition) is 1. The zero-order valence-corrected chi connectivity index (χ0v) is 13.0. The van der Waals surface area contributed by atoms with E-state index >= 15 is 0 Å². The van der Waals surface area contributed by atoms with Crippen molar-refractivity contribution in [3.63, 3.8) is 0 Å². The number of nitro groups is 1. The molecular weight excluding hydrogens is 284 g/mol. The Bertz CT molecular complexity index is 491. The lowest BCUT2D eigenvalue weighted by Crippen LogP contribution is -2.37. The number of nitro benzene ring substituents is 1. The van der Waals surface area contributed by atoms with E-state index in [1.807, 2.05) is 0 Å². The van der Waals surface area contributed by atoms with Gasteiger partial charge in [-0.3, -0.25) is 10.1 Å². The van der Waals surface area contributed by atoms with Gasteiger partial charge in [0.25, 0.3) is 5.69 Å². The minimum atomic E-state index is -0.593. The smallest absolute Gasteiger partial charge is 0.273 e. The van der Waals surface area contributed by atoms with Gasteiger partial charge in [-0.15, -0.1) is 0 Å². The number of rotatable bonds is 10. The van der Waals surface area contributed by atoms with Gasteiger partial charge < -0.3 is 14.7 Å². The van der Waals surface area contributed by atoms with E-state index in [0.29, 0.717) is 12.3 Å². The highest BCUT2D eigenvalue weighted by Crippen LogP contribution is 2.29. The van der Waals surface area contributed by atoms with Crippen molar-refractivity contribution < 1.29 is 14.8 Å². The highest BCUT2D eigenvalue weighted by Gasteiger charge is 2.25. The van der Waals surface area contributed by atoms with Crippen LogP contribution in [0.3, 0.4) is 0 Å². The Hall–Kier alpha value is -1.66. The van der Waals surface area contributed by atoms with Crippen LogP contribution in [0.4, 0.5) is 5.69 Å². The third kappa shape index (κ3) is 5.61. The SMILES string of the molecule is CCCN(CC1CC1)C[C@H](O)COc1cccc([N+](=O)[O-])c1. The molecule has 1 atom stereocenters. The van der Waals surface area contributed by atoms with Crippen LogP contribution in [0.5, 0.6) is 5.75 Å². The number of hydrogen-bond acceptors (Lipinski definition) is 5. The molecule has 2 rings (SSSR count). The molecule has 1 fully saturated rings. The molecule has 0 aliphatic heterocycles. The monoisotopic (exact) mass is 308 g/mol. The number of ether oxygens (including phenoxy) is 1. The molecular formula is C16H24N2O4. The maximum Gasteiger partial charge on any atom is 0.273 e. The molecule has 0 heterocycles. The quantitative estimate of drug-likeness (QED) is 0.531. The first-order valence-corrected chi connectivity index (χ1v) is 7.86. The molecule has 0 amide bonds. The van der Waals surface area contributed by atoms with Gasteiger partial charge in [0, 0.05) is 19.2 Å². The predicted octanol–water partition coefficient (Wildman–Crippen LogP) is 2.46. The molecule has 1 aromatic rings. The van der Waals surface area contributed by atoms with E-state index in [4.69, 9.17) is 4.74 Å². The molecule has 6 heteroatoms. The number of aliphatic hydroxyl groups is 1. The van der Waals surface area contributed by atoms with Gasteiger partial charge in [0.15, 0.2) is 0 Å². The van der Waals surface area contributed by atoms with Crippen molar-refractivity contribution in [2.24, 2.45) is 5.92 Å². The van der Waals surface area contributed by atoms with Crippen molar-refractivity contribution in [3.05, 3.63) is 34.4 Å². The summed E-state index contributed by atoms with van der Waals surface area (Å²) in [7, 11) is 0. The second-order valence-corrected chi connectivity index (χ2v) is 5.92. The first-order valence-electron chi connectivity index (χ1n) is 7.86. The van der Waals surface area contributed by atoms with Crippen LogP contribution in [0.2, 0.25) is 0 Å². The Labute approximate surface area is 130 Å². The molecule has 0 unspecified atom stereocenters. The van der Waals surface area contributed by atoms with Crippen LogP contribution in [0.15, 0.2) is 24.3 Å². The van der Waals surface area contributed by atoms with Crippen molar-refractivity contribution in [2.45, 2.75) is 32.3 Å². The maximum absolute atomic E-state index is 10.7. The summed E-state index contributed by atoms with van der Waals surface area (Å²) in [5.74, 6) is 1.20. The van der Waals surface area contributed by atoms with Gasteiger partial charge in [-0.05, 0) is 37.8 Å². The van der Waals surface area contributed by atoms with Crippen LogP contribution < -0.4 is 4.74 Å². The third-order valence-corrected chi connectivity index (χ3v) is 3.69. The summed E-state index contributed by atoms with van der Waals surface area (Å²) in [6.45, 7) is 4.88. The Balaban J connectivity index is 1.79. The molecule has 1 aromatic carbocycles. The van der Waals surface area contributed by atoms with E-state index in [1.165, 1.54) is 25.0 Å². The van der Waals surface area contributed by atoms with Crippen molar-refractivity contribution in [1.82, 2.24) is 4.90 Å². The van der Waals surface area contributed by atoms with Crippen LogP contribution in [0.1, 0.15) is 26.2 Å². The lowest BCUT2D eigenvalue weighted by Gasteiger charge is -2.24. The lowest BCUT2D eigenvalue weighted by molar-refractivity contribution is -0.384. The van der Waals surface area contributed by atoms with Gasteiger partial charge in [-0.1, -0.05) is 13.0 Å². The van der Waals surface area contributed by atoms with Gasteiger partial charge >= 0.3 is 0 Å². The second-order valence-electron chi connectivity index (χ2n) is 5.92. The van der Waals surface area contributed by atoms with E-state index < -0.39 is 11.0 Å². The summed E-state index contributed by atoms with van der Waals surface area (Å²) >= 11 is 0. The van der Waals surface area contributed by atoms with E-state index in [2.05, 4.69) is 11.8 Å². The molecule has 1 saturated carbocycles. The number of aliphatic hydroxyl groups excluding tert-OH is 1. The Morgan fingerprint density at radius 2 is 2.27 bits per heavy atom. The number of benzene rings is 1. The van der Waals surface area contributed by atoms with Crippen LogP contribution in [0.25, 0.3) is 0 Å². The van der Waals surface area contributed by atoms with Crippen molar-refractivity contribution in [1.29, 1.82) is 0 Å². The number of nitrogens with zero attached hydrogens (tertiary/aromatic N) is 2. The van der Waals surface area contributed by atoms with Gasteiger partial charge in [0.1, 0.15) is 18.5 Å². The highest BCUT2D eigenvalue weighted by atomic mass is 16.6. The lowest BCUT2D eigenvalue weighted by atomic mass is 10.2. The van der Waals surface area contributed by atoms with E-state index in [9.17, 15) is 15.2 Å². The molecule has 22 heavy (non-hydrogen) atoms. The van der Waals surface area contributed by atoms with E-state index in [1.54, 1.807) is 12.1 Å². The number of non-ortho nitro benzene ring substituents is 1. The summed E-state index contributed by atoms with van der Waals surface area (Å²) < 4.78 is 5.48. The molecule has 0 saturated heterocycles.